The Labute approximate surface area is 101 Å². The molecule has 17 heavy (non-hydrogen) atoms. The molecule has 0 amide bonds. The van der Waals surface area contributed by atoms with E-state index in [-0.39, 0.29) is 5.88 Å². The fraction of sp³-hybridized carbons (Fsp3) is 0.545. The predicted octanol–water partition coefficient (Wildman–Crippen LogP) is 1.92. The van der Waals surface area contributed by atoms with Crippen molar-refractivity contribution < 1.29 is 14.0 Å². The van der Waals surface area contributed by atoms with Crippen molar-refractivity contribution in [1.29, 1.82) is 0 Å². The predicted molar refractivity (Wildman–Crippen MR) is 63.9 cm³/mol. The third-order valence-electron chi connectivity index (χ3n) is 2.87. The van der Waals surface area contributed by atoms with E-state index in [1.165, 1.54) is 0 Å². The van der Waals surface area contributed by atoms with Gasteiger partial charge < -0.3 is 5.32 Å². The Bertz CT molecular complexity index is 425. The van der Waals surface area contributed by atoms with Gasteiger partial charge >= 0.3 is 8.25 Å². The zero-order valence-corrected chi connectivity index (χ0v) is 10.6. The monoisotopic (exact) mass is 255 g/mol. The van der Waals surface area contributed by atoms with Crippen LogP contribution in [-0.4, -0.2) is 15.9 Å². The van der Waals surface area contributed by atoms with Crippen LogP contribution in [0.5, 0.6) is 5.88 Å². The molecule has 1 aromatic heterocycles. The summed E-state index contributed by atoms with van der Waals surface area (Å²) in [5, 5.41) is 3.45. The van der Waals surface area contributed by atoms with Crippen LogP contribution in [0, 0.1) is 0 Å². The summed E-state index contributed by atoms with van der Waals surface area (Å²) in [5.74, 6) is 0.226. The average Bonchev–Trinajstić information content (AvgIpc) is 2.28. The van der Waals surface area contributed by atoms with Gasteiger partial charge in [0.05, 0.1) is 5.69 Å². The maximum absolute atomic E-state index is 10.6. The fourth-order valence-electron chi connectivity index (χ4n) is 2.09. The van der Waals surface area contributed by atoms with Gasteiger partial charge in [0.1, 0.15) is 0 Å². The van der Waals surface area contributed by atoms with Crippen LogP contribution < -0.4 is 9.84 Å². The van der Waals surface area contributed by atoms with Crippen LogP contribution in [0.1, 0.15) is 31.0 Å². The molecule has 0 bridgehead atoms. The molecule has 2 N–H and O–H groups in total. The molecule has 0 fully saturated rings. The number of aromatic nitrogens is 1. The van der Waals surface area contributed by atoms with Gasteiger partial charge in [-0.25, -0.2) is 9.51 Å². The molecule has 2 unspecified atom stereocenters. The average molecular weight is 255 g/mol. The van der Waals surface area contributed by atoms with E-state index >= 15 is 0 Å². The van der Waals surface area contributed by atoms with Gasteiger partial charge in [0.2, 0.25) is 0 Å². The Hall–Kier alpha value is -1.03. The second kappa shape index (κ2) is 5.54. The summed E-state index contributed by atoms with van der Waals surface area (Å²) >= 11 is 0. The van der Waals surface area contributed by atoms with Crippen molar-refractivity contribution in [2.45, 2.75) is 38.8 Å². The van der Waals surface area contributed by atoms with Gasteiger partial charge in [-0.2, -0.15) is 0 Å². The standard InChI is InChI=1S/C11H15N2O3P/c1-2-3-9-6-10-8(7-12-9)4-5-11(13-10)16-17(14)15/h4-5,9,12H,2-3,6-7H2,1H3/p+1. The molecule has 1 aromatic rings. The minimum atomic E-state index is -2.64. The largest absolute Gasteiger partial charge is 0.749 e. The van der Waals surface area contributed by atoms with E-state index < -0.39 is 8.25 Å². The van der Waals surface area contributed by atoms with E-state index in [0.29, 0.717) is 6.04 Å². The van der Waals surface area contributed by atoms with Crippen LogP contribution in [0.25, 0.3) is 0 Å². The van der Waals surface area contributed by atoms with E-state index in [1.807, 2.05) is 6.07 Å². The summed E-state index contributed by atoms with van der Waals surface area (Å²) in [5.41, 5.74) is 2.11. The molecule has 0 saturated carbocycles. The molecule has 0 saturated heterocycles. The summed E-state index contributed by atoms with van der Waals surface area (Å²) < 4.78 is 15.3. The second-order valence-electron chi connectivity index (χ2n) is 4.16. The van der Waals surface area contributed by atoms with E-state index in [9.17, 15) is 4.57 Å². The first kappa shape index (κ1) is 12.4. The molecule has 0 aliphatic carbocycles. The molecule has 92 valence electrons. The van der Waals surface area contributed by atoms with Crippen molar-refractivity contribution in [3.05, 3.63) is 23.4 Å². The lowest BCUT2D eigenvalue weighted by Crippen LogP contribution is -2.35. The molecule has 1 aliphatic rings. The molecule has 1 aliphatic heterocycles. The highest BCUT2D eigenvalue weighted by molar-refractivity contribution is 7.32. The number of nitrogens with zero attached hydrogens (tertiary/aromatic N) is 1. The topological polar surface area (TPSA) is 71.5 Å². The van der Waals surface area contributed by atoms with Gasteiger partial charge in [0, 0.05) is 29.6 Å². The Balaban J connectivity index is 2.14. The van der Waals surface area contributed by atoms with Gasteiger partial charge in [0.25, 0.3) is 5.88 Å². The zero-order chi connectivity index (χ0) is 12.3. The molecule has 0 radical (unpaired) electrons. The number of nitrogens with one attached hydrogen (secondary N) is 1. The smallest absolute Gasteiger partial charge is 0.309 e. The molecule has 2 atom stereocenters. The minimum absolute atomic E-state index is 0.226. The number of fused-ring (bicyclic) bond motifs is 1. The van der Waals surface area contributed by atoms with Gasteiger partial charge in [-0.1, -0.05) is 19.4 Å². The lowest BCUT2D eigenvalue weighted by Gasteiger charge is -2.24. The van der Waals surface area contributed by atoms with Gasteiger partial charge in [-0.3, -0.25) is 0 Å². The Kier molecular flexibility index (Phi) is 4.05. The fourth-order valence-corrected chi connectivity index (χ4v) is 2.35. The summed E-state index contributed by atoms with van der Waals surface area (Å²) in [6, 6.07) is 3.97. The van der Waals surface area contributed by atoms with E-state index in [4.69, 9.17) is 9.42 Å². The molecule has 0 aromatic carbocycles. The van der Waals surface area contributed by atoms with Crippen molar-refractivity contribution in [2.24, 2.45) is 0 Å². The lowest BCUT2D eigenvalue weighted by atomic mass is 9.98. The van der Waals surface area contributed by atoms with E-state index in [1.54, 1.807) is 6.07 Å². The molecule has 2 rings (SSSR count). The number of pyridine rings is 1. The minimum Gasteiger partial charge on any atom is -0.309 e. The summed E-state index contributed by atoms with van der Waals surface area (Å²) in [4.78, 5) is 13.0. The van der Waals surface area contributed by atoms with E-state index in [0.717, 1.165) is 37.1 Å². The molecule has 5 nitrogen and oxygen atoms in total. The van der Waals surface area contributed by atoms with Crippen molar-refractivity contribution >= 4 is 8.25 Å². The van der Waals surface area contributed by atoms with Crippen LogP contribution in [0.2, 0.25) is 0 Å². The van der Waals surface area contributed by atoms with Crippen molar-refractivity contribution in [3.63, 3.8) is 0 Å². The number of hydrogen-bond acceptors (Lipinski definition) is 4. The first-order valence-corrected chi connectivity index (χ1v) is 6.88. The van der Waals surface area contributed by atoms with Gasteiger partial charge in [-0.05, 0) is 12.0 Å². The zero-order valence-electron chi connectivity index (χ0n) is 9.72. The summed E-state index contributed by atoms with van der Waals surface area (Å²) in [7, 11) is -2.64. The van der Waals surface area contributed by atoms with Crippen LogP contribution in [0.3, 0.4) is 0 Å². The first-order chi connectivity index (χ1) is 8.19. The second-order valence-corrected chi connectivity index (χ2v) is 4.81. The van der Waals surface area contributed by atoms with Gasteiger partial charge in [-0.15, -0.1) is 4.89 Å². The molecular formula is C11H16N2O3P+. The van der Waals surface area contributed by atoms with Crippen molar-refractivity contribution in [1.82, 2.24) is 10.3 Å². The summed E-state index contributed by atoms with van der Waals surface area (Å²) in [6.45, 7) is 2.96. The number of rotatable bonds is 4. The van der Waals surface area contributed by atoms with Crippen molar-refractivity contribution in [3.8, 4) is 5.88 Å². The maximum Gasteiger partial charge on any atom is 0.749 e. The number of hydrogen-bond donors (Lipinski definition) is 2. The highest BCUT2D eigenvalue weighted by Crippen LogP contribution is 2.24. The SMILES string of the molecule is CCCC1Cc2nc(O[P+](=O)O)ccc2CN1. The normalized spacial score (nSPS) is 19.6. The maximum atomic E-state index is 10.6. The van der Waals surface area contributed by atoms with E-state index in [2.05, 4.69) is 17.2 Å². The Morgan fingerprint density at radius 3 is 3.18 bits per heavy atom. The third kappa shape index (κ3) is 3.22. The Morgan fingerprint density at radius 1 is 1.65 bits per heavy atom. The van der Waals surface area contributed by atoms with Gasteiger partial charge in [0.15, 0.2) is 0 Å². The van der Waals surface area contributed by atoms with Crippen molar-refractivity contribution in [2.75, 3.05) is 0 Å². The lowest BCUT2D eigenvalue weighted by molar-refractivity contribution is 0.399. The molecule has 6 heteroatoms. The van der Waals surface area contributed by atoms with Crippen LogP contribution in [-0.2, 0) is 17.5 Å². The molecule has 0 spiro atoms. The third-order valence-corrected chi connectivity index (χ3v) is 3.22. The summed E-state index contributed by atoms with van der Waals surface area (Å²) in [6.07, 6.45) is 3.09. The quantitative estimate of drug-likeness (QED) is 0.804. The highest BCUT2D eigenvalue weighted by Gasteiger charge is 2.21. The highest BCUT2D eigenvalue weighted by atomic mass is 31.1. The van der Waals surface area contributed by atoms with Crippen LogP contribution in [0.15, 0.2) is 12.1 Å². The Morgan fingerprint density at radius 2 is 2.47 bits per heavy atom. The van der Waals surface area contributed by atoms with Crippen LogP contribution >= 0.6 is 8.25 Å². The molecule has 2 heterocycles. The van der Waals surface area contributed by atoms with Crippen LogP contribution in [0.4, 0.5) is 0 Å². The molecular weight excluding hydrogens is 239 g/mol. The first-order valence-electron chi connectivity index (χ1n) is 5.75.